The first-order valence-electron chi connectivity index (χ1n) is 20.2. The summed E-state index contributed by atoms with van der Waals surface area (Å²) in [5.74, 6) is -0.491. The molecule has 0 aliphatic carbocycles. The molecule has 14 heteroatoms. The number of hydrogen-bond acceptors (Lipinski definition) is 7. The lowest BCUT2D eigenvalue weighted by atomic mass is 9.99. The SMILES string of the molecule is Cc1cc2c(CCc3cccc(-c4ccc(C(F)(F)F)cc4)c3)noc2cc1O.Cc1cc2c(CCc3cccc(-c4ccc(C(F)(F)F)cc4)c3)noc2cc1OC(C)(C)C(=O)O. The maximum Gasteiger partial charge on any atom is 0.416 e. The predicted molar refractivity (Wildman–Crippen MR) is 230 cm³/mol. The van der Waals surface area contributed by atoms with Gasteiger partial charge in [0.05, 0.1) is 22.5 Å². The average molecular weight is 881 g/mol. The van der Waals surface area contributed by atoms with E-state index < -0.39 is 35.0 Å². The normalized spacial score (nSPS) is 12.0. The van der Waals surface area contributed by atoms with E-state index in [0.29, 0.717) is 48.2 Å². The first kappa shape index (κ1) is 44.9. The van der Waals surface area contributed by atoms with Crippen LogP contribution in [0.2, 0.25) is 0 Å². The number of fused-ring (bicyclic) bond motifs is 2. The number of benzene rings is 6. The molecule has 0 aliphatic heterocycles. The van der Waals surface area contributed by atoms with Crippen molar-refractivity contribution in [2.75, 3.05) is 0 Å². The standard InChI is InChI=1S/C27H24F3NO4.C23H18F3NO2/c1-16-13-21-22(31-35-24(21)15-23(16)34-26(2,3)25(32)33)12-7-17-5-4-6-19(14-17)18-8-10-20(11-9-18)27(28,29)30;1-14-11-19-20(27-29-22(19)13-21(14)28)10-5-15-3-2-4-17(12-15)16-6-8-18(9-7-16)23(24,25)26/h4-6,8-11,13-15H,7,12H2,1-3H3,(H,32,33);2-4,6-9,11-13,28H,5,10H2,1H3. The number of carboxylic acid groups (broad SMARTS) is 1. The van der Waals surface area contributed by atoms with Crippen molar-refractivity contribution in [1.82, 2.24) is 10.3 Å². The van der Waals surface area contributed by atoms with Gasteiger partial charge in [0, 0.05) is 22.9 Å². The molecular weight excluding hydrogens is 839 g/mol. The van der Waals surface area contributed by atoms with E-state index in [0.717, 1.165) is 85.4 Å². The van der Waals surface area contributed by atoms with E-state index in [1.165, 1.54) is 38.1 Å². The Bertz CT molecular complexity index is 2930. The molecule has 8 aromatic rings. The van der Waals surface area contributed by atoms with Crippen LogP contribution in [0.3, 0.4) is 0 Å². The van der Waals surface area contributed by atoms with E-state index in [1.54, 1.807) is 12.1 Å². The summed E-state index contributed by atoms with van der Waals surface area (Å²) in [6.45, 7) is 6.60. The lowest BCUT2D eigenvalue weighted by molar-refractivity contribution is -0.152. The number of ether oxygens (including phenoxy) is 1. The quantitative estimate of drug-likeness (QED) is 0.123. The van der Waals surface area contributed by atoms with Crippen molar-refractivity contribution in [2.45, 2.75) is 71.3 Å². The highest BCUT2D eigenvalue weighted by Gasteiger charge is 2.32. The van der Waals surface area contributed by atoms with Crippen LogP contribution in [0.1, 0.15) is 58.6 Å². The van der Waals surface area contributed by atoms with E-state index in [4.69, 9.17) is 13.8 Å². The van der Waals surface area contributed by atoms with Crippen LogP contribution >= 0.6 is 0 Å². The summed E-state index contributed by atoms with van der Waals surface area (Å²) in [6.07, 6.45) is -6.11. The number of halogens is 6. The molecule has 330 valence electrons. The van der Waals surface area contributed by atoms with Crippen LogP contribution < -0.4 is 4.74 Å². The second kappa shape index (κ2) is 17.9. The first-order valence-corrected chi connectivity index (χ1v) is 20.2. The number of carboxylic acids is 1. The molecule has 2 aromatic heterocycles. The molecule has 2 heterocycles. The number of phenolic OH excluding ortho intramolecular Hbond substituents is 1. The minimum Gasteiger partial charge on any atom is -0.508 e. The van der Waals surface area contributed by atoms with Gasteiger partial charge in [-0.3, -0.25) is 0 Å². The van der Waals surface area contributed by atoms with Crippen LogP contribution in [0.5, 0.6) is 11.5 Å². The second-order valence-electron chi connectivity index (χ2n) is 16.0. The summed E-state index contributed by atoms with van der Waals surface area (Å²) in [7, 11) is 0. The Labute approximate surface area is 363 Å². The van der Waals surface area contributed by atoms with Gasteiger partial charge in [-0.2, -0.15) is 26.3 Å². The molecule has 0 aliphatic rings. The lowest BCUT2D eigenvalue weighted by Crippen LogP contribution is -2.38. The van der Waals surface area contributed by atoms with Gasteiger partial charge in [-0.1, -0.05) is 83.1 Å². The van der Waals surface area contributed by atoms with Crippen molar-refractivity contribution in [2.24, 2.45) is 0 Å². The molecule has 0 saturated carbocycles. The van der Waals surface area contributed by atoms with Crippen molar-refractivity contribution < 1.29 is 55.1 Å². The molecule has 0 bridgehead atoms. The predicted octanol–water partition coefficient (Wildman–Crippen LogP) is 13.2. The minimum atomic E-state index is -4.36. The average Bonchev–Trinajstić information content (AvgIpc) is 3.84. The topological polar surface area (TPSA) is 119 Å². The number of phenols is 1. The molecule has 0 saturated heterocycles. The maximum absolute atomic E-state index is 12.8. The summed E-state index contributed by atoms with van der Waals surface area (Å²) >= 11 is 0. The smallest absolute Gasteiger partial charge is 0.416 e. The van der Waals surface area contributed by atoms with Gasteiger partial charge in [-0.05, 0) is 134 Å². The van der Waals surface area contributed by atoms with Gasteiger partial charge >= 0.3 is 18.3 Å². The number of hydrogen-bond donors (Lipinski definition) is 2. The molecule has 8 nitrogen and oxygen atoms in total. The molecule has 0 radical (unpaired) electrons. The van der Waals surface area contributed by atoms with Gasteiger partial charge in [0.1, 0.15) is 11.5 Å². The number of aromatic hydroxyl groups is 1. The number of aliphatic carboxylic acids is 1. The Kier molecular flexibility index (Phi) is 12.6. The lowest BCUT2D eigenvalue weighted by Gasteiger charge is -2.22. The Balaban J connectivity index is 0.000000195. The zero-order valence-electron chi connectivity index (χ0n) is 35.1. The van der Waals surface area contributed by atoms with E-state index in [-0.39, 0.29) is 5.75 Å². The highest BCUT2D eigenvalue weighted by molar-refractivity contribution is 5.83. The minimum absolute atomic E-state index is 0.171. The van der Waals surface area contributed by atoms with Crippen LogP contribution in [0, 0.1) is 13.8 Å². The third-order valence-corrected chi connectivity index (χ3v) is 10.8. The summed E-state index contributed by atoms with van der Waals surface area (Å²) in [4.78, 5) is 11.4. The van der Waals surface area contributed by atoms with Crippen molar-refractivity contribution >= 4 is 27.9 Å². The molecule has 6 aromatic carbocycles. The largest absolute Gasteiger partial charge is 0.508 e. The molecule has 64 heavy (non-hydrogen) atoms. The molecule has 0 spiro atoms. The van der Waals surface area contributed by atoms with Gasteiger partial charge < -0.3 is 24.0 Å². The summed E-state index contributed by atoms with van der Waals surface area (Å²) in [6, 6.07) is 32.6. The van der Waals surface area contributed by atoms with Gasteiger partial charge in [0.25, 0.3) is 0 Å². The number of aryl methyl sites for hydroxylation is 6. The Morgan fingerprint density at radius 3 is 1.45 bits per heavy atom. The number of nitrogens with zero attached hydrogens (tertiary/aromatic N) is 2. The number of alkyl halides is 6. The highest BCUT2D eigenvalue weighted by Crippen LogP contribution is 2.35. The number of rotatable bonds is 11. The van der Waals surface area contributed by atoms with Crippen molar-refractivity contribution in [3.8, 4) is 33.8 Å². The number of carbonyl (C=O) groups is 1. The Morgan fingerprint density at radius 2 is 1.02 bits per heavy atom. The highest BCUT2D eigenvalue weighted by atomic mass is 19.4. The number of aromatic nitrogens is 2. The Morgan fingerprint density at radius 1 is 0.578 bits per heavy atom. The third kappa shape index (κ3) is 10.4. The van der Waals surface area contributed by atoms with E-state index in [1.807, 2.05) is 74.5 Å². The van der Waals surface area contributed by atoms with Crippen LogP contribution in [0.4, 0.5) is 26.3 Å². The first-order chi connectivity index (χ1) is 30.2. The van der Waals surface area contributed by atoms with Gasteiger partial charge in [0.15, 0.2) is 16.8 Å². The molecule has 0 fully saturated rings. The molecule has 0 atom stereocenters. The zero-order chi connectivity index (χ0) is 46.0. The van der Waals surface area contributed by atoms with Crippen molar-refractivity contribution in [3.63, 3.8) is 0 Å². The van der Waals surface area contributed by atoms with E-state index in [2.05, 4.69) is 10.3 Å². The summed E-state index contributed by atoms with van der Waals surface area (Å²) in [5.41, 5.74) is 6.61. The van der Waals surface area contributed by atoms with Crippen molar-refractivity contribution in [1.29, 1.82) is 0 Å². The molecular formula is C50H42F6N2O6. The van der Waals surface area contributed by atoms with Gasteiger partial charge in [0.2, 0.25) is 0 Å². The summed E-state index contributed by atoms with van der Waals surface area (Å²) < 4.78 is 93.2. The van der Waals surface area contributed by atoms with Gasteiger partial charge in [-0.15, -0.1) is 0 Å². The van der Waals surface area contributed by atoms with Crippen LogP contribution in [0.25, 0.3) is 44.2 Å². The maximum atomic E-state index is 12.8. The zero-order valence-corrected chi connectivity index (χ0v) is 35.1. The van der Waals surface area contributed by atoms with Crippen LogP contribution in [0.15, 0.2) is 130 Å². The van der Waals surface area contributed by atoms with Crippen LogP contribution in [-0.2, 0) is 42.8 Å². The molecule has 8 rings (SSSR count). The third-order valence-electron chi connectivity index (χ3n) is 10.8. The molecule has 0 amide bonds. The van der Waals surface area contributed by atoms with Crippen LogP contribution in [-0.4, -0.2) is 32.1 Å². The van der Waals surface area contributed by atoms with Crippen molar-refractivity contribution in [3.05, 3.63) is 166 Å². The Hall–Kier alpha value is -7.09. The van der Waals surface area contributed by atoms with Gasteiger partial charge in [-0.25, -0.2) is 4.79 Å². The molecule has 0 unspecified atom stereocenters. The summed E-state index contributed by atoms with van der Waals surface area (Å²) in [5, 5.41) is 29.1. The second-order valence-corrected chi connectivity index (χ2v) is 16.0. The fourth-order valence-corrected chi connectivity index (χ4v) is 7.09. The fourth-order valence-electron chi connectivity index (χ4n) is 7.09. The monoisotopic (exact) mass is 880 g/mol. The fraction of sp³-hybridized carbons (Fsp3) is 0.220. The molecule has 2 N–H and O–H groups in total. The van der Waals surface area contributed by atoms with E-state index in [9.17, 15) is 41.4 Å². The van der Waals surface area contributed by atoms with E-state index >= 15 is 0 Å².